The van der Waals surface area contributed by atoms with Crippen molar-refractivity contribution in [2.24, 2.45) is 0 Å². The van der Waals surface area contributed by atoms with Gasteiger partial charge in [0.1, 0.15) is 11.6 Å². The van der Waals surface area contributed by atoms with Crippen LogP contribution in [0.1, 0.15) is 31.7 Å². The third kappa shape index (κ3) is 4.96. The zero-order chi connectivity index (χ0) is 16.7. The van der Waals surface area contributed by atoms with Crippen LogP contribution < -0.4 is 9.46 Å². The number of pyridine rings is 1. The molecular weight excluding hydrogens is 312 g/mol. The molecule has 1 aromatic heterocycles. The van der Waals surface area contributed by atoms with Crippen molar-refractivity contribution in [3.05, 3.63) is 48.2 Å². The Labute approximate surface area is 137 Å². The number of ether oxygens (including phenoxy) is 1. The summed E-state index contributed by atoms with van der Waals surface area (Å²) in [6.45, 7) is 4.63. The molecule has 0 spiro atoms. The van der Waals surface area contributed by atoms with E-state index in [2.05, 4.69) is 16.6 Å². The Morgan fingerprint density at radius 1 is 1.17 bits per heavy atom. The van der Waals surface area contributed by atoms with Crippen molar-refractivity contribution in [3.8, 4) is 5.75 Å². The molecule has 1 aromatic carbocycles. The minimum absolute atomic E-state index is 0.196. The first-order valence-electron chi connectivity index (χ1n) is 7.70. The monoisotopic (exact) mass is 334 g/mol. The van der Waals surface area contributed by atoms with Gasteiger partial charge in [-0.15, -0.1) is 0 Å². The van der Waals surface area contributed by atoms with Crippen LogP contribution in [-0.2, 0) is 10.0 Å². The minimum Gasteiger partial charge on any atom is -0.493 e. The number of aryl methyl sites for hydroxylation is 1. The van der Waals surface area contributed by atoms with E-state index in [1.54, 1.807) is 36.4 Å². The number of sulfonamides is 1. The van der Waals surface area contributed by atoms with Crippen LogP contribution in [0.2, 0.25) is 0 Å². The van der Waals surface area contributed by atoms with Gasteiger partial charge < -0.3 is 4.74 Å². The van der Waals surface area contributed by atoms with Crippen molar-refractivity contribution in [1.82, 2.24) is 4.98 Å². The highest BCUT2D eigenvalue weighted by Crippen LogP contribution is 2.23. The zero-order valence-electron chi connectivity index (χ0n) is 13.5. The second-order valence-electron chi connectivity index (χ2n) is 5.30. The second kappa shape index (κ2) is 7.97. The molecule has 0 unspecified atom stereocenters. The predicted octanol–water partition coefficient (Wildman–Crippen LogP) is 3.76. The van der Waals surface area contributed by atoms with Gasteiger partial charge in [0.2, 0.25) is 0 Å². The quantitative estimate of drug-likeness (QED) is 0.746. The van der Waals surface area contributed by atoms with Gasteiger partial charge in [-0.25, -0.2) is 13.4 Å². The number of hydrogen-bond donors (Lipinski definition) is 1. The maximum absolute atomic E-state index is 12.4. The molecule has 2 rings (SSSR count). The molecule has 0 aliphatic rings. The first kappa shape index (κ1) is 17.3. The predicted molar refractivity (Wildman–Crippen MR) is 91.2 cm³/mol. The topological polar surface area (TPSA) is 68.3 Å². The van der Waals surface area contributed by atoms with E-state index in [-0.39, 0.29) is 4.90 Å². The van der Waals surface area contributed by atoms with Gasteiger partial charge in [0.05, 0.1) is 11.5 Å². The first-order valence-corrected chi connectivity index (χ1v) is 9.18. The lowest BCUT2D eigenvalue weighted by Gasteiger charge is -2.12. The standard InChI is InChI=1S/C17H22N2O3S/c1-3-4-7-12-22-16-10-9-15(13-14(16)2)23(20,21)19-17-8-5-6-11-18-17/h5-6,8-11,13H,3-4,7,12H2,1-2H3,(H,18,19). The van der Waals surface area contributed by atoms with E-state index in [0.717, 1.165) is 30.6 Å². The number of aromatic nitrogens is 1. The van der Waals surface area contributed by atoms with Crippen LogP contribution in [0.25, 0.3) is 0 Å². The molecule has 0 aliphatic carbocycles. The summed E-state index contributed by atoms with van der Waals surface area (Å²) in [4.78, 5) is 4.17. The molecule has 0 aliphatic heterocycles. The number of rotatable bonds is 8. The summed E-state index contributed by atoms with van der Waals surface area (Å²) in [5.74, 6) is 1.02. The Morgan fingerprint density at radius 3 is 2.65 bits per heavy atom. The highest BCUT2D eigenvalue weighted by Gasteiger charge is 2.16. The lowest BCUT2D eigenvalue weighted by molar-refractivity contribution is 0.304. The molecule has 0 amide bonds. The molecule has 23 heavy (non-hydrogen) atoms. The fourth-order valence-corrected chi connectivity index (χ4v) is 3.20. The van der Waals surface area contributed by atoms with E-state index >= 15 is 0 Å². The maximum atomic E-state index is 12.4. The number of benzene rings is 1. The first-order chi connectivity index (χ1) is 11.0. The van der Waals surface area contributed by atoms with E-state index in [1.807, 2.05) is 6.92 Å². The molecule has 0 radical (unpaired) electrons. The van der Waals surface area contributed by atoms with Crippen LogP contribution in [0.15, 0.2) is 47.5 Å². The van der Waals surface area contributed by atoms with E-state index in [0.29, 0.717) is 12.4 Å². The van der Waals surface area contributed by atoms with Crippen LogP contribution in [0, 0.1) is 6.92 Å². The summed E-state index contributed by atoms with van der Waals surface area (Å²) in [6.07, 6.45) is 4.80. The van der Waals surface area contributed by atoms with Crippen molar-refractivity contribution in [2.45, 2.75) is 38.0 Å². The van der Waals surface area contributed by atoms with Gasteiger partial charge in [0.15, 0.2) is 0 Å². The maximum Gasteiger partial charge on any atom is 0.263 e. The molecule has 1 N–H and O–H groups in total. The summed E-state index contributed by atoms with van der Waals surface area (Å²) in [5, 5.41) is 0. The molecule has 5 nitrogen and oxygen atoms in total. The number of hydrogen-bond acceptors (Lipinski definition) is 4. The largest absolute Gasteiger partial charge is 0.493 e. The average Bonchev–Trinajstić information content (AvgIpc) is 2.53. The van der Waals surface area contributed by atoms with Crippen molar-refractivity contribution < 1.29 is 13.2 Å². The third-order valence-electron chi connectivity index (χ3n) is 3.37. The smallest absolute Gasteiger partial charge is 0.263 e. The van der Waals surface area contributed by atoms with Crippen LogP contribution >= 0.6 is 0 Å². The average molecular weight is 334 g/mol. The van der Waals surface area contributed by atoms with Gasteiger partial charge in [-0.2, -0.15) is 0 Å². The van der Waals surface area contributed by atoms with Gasteiger partial charge in [-0.3, -0.25) is 4.72 Å². The van der Waals surface area contributed by atoms with E-state index in [4.69, 9.17) is 4.74 Å². The number of anilines is 1. The molecule has 2 aromatic rings. The Balaban J connectivity index is 2.09. The Kier molecular flexibility index (Phi) is 5.98. The summed E-state index contributed by atoms with van der Waals surface area (Å²) < 4.78 is 32.9. The van der Waals surface area contributed by atoms with E-state index in [9.17, 15) is 8.42 Å². The third-order valence-corrected chi connectivity index (χ3v) is 4.72. The molecule has 0 fully saturated rings. The SMILES string of the molecule is CCCCCOc1ccc(S(=O)(=O)Nc2ccccn2)cc1C. The van der Waals surface area contributed by atoms with Crippen molar-refractivity contribution in [2.75, 3.05) is 11.3 Å². The zero-order valence-corrected chi connectivity index (χ0v) is 14.3. The van der Waals surface area contributed by atoms with Gasteiger partial charge in [-0.05, 0) is 49.2 Å². The highest BCUT2D eigenvalue weighted by molar-refractivity contribution is 7.92. The lowest BCUT2D eigenvalue weighted by atomic mass is 10.2. The van der Waals surface area contributed by atoms with Gasteiger partial charge in [-0.1, -0.05) is 25.8 Å². The Bertz CT molecular complexity index is 731. The van der Waals surface area contributed by atoms with Gasteiger partial charge in [0.25, 0.3) is 10.0 Å². The molecule has 0 saturated carbocycles. The molecule has 6 heteroatoms. The molecule has 1 heterocycles. The van der Waals surface area contributed by atoms with Crippen molar-refractivity contribution >= 4 is 15.8 Å². The Hall–Kier alpha value is -2.08. The van der Waals surface area contributed by atoms with Gasteiger partial charge >= 0.3 is 0 Å². The van der Waals surface area contributed by atoms with Gasteiger partial charge in [0, 0.05) is 6.20 Å². The lowest BCUT2D eigenvalue weighted by Crippen LogP contribution is -2.14. The molecule has 0 atom stereocenters. The van der Waals surface area contributed by atoms with Crippen LogP contribution in [0.5, 0.6) is 5.75 Å². The molecule has 0 bridgehead atoms. The van der Waals surface area contributed by atoms with E-state index < -0.39 is 10.0 Å². The van der Waals surface area contributed by atoms with E-state index in [1.165, 1.54) is 6.20 Å². The highest BCUT2D eigenvalue weighted by atomic mass is 32.2. The summed E-state index contributed by atoms with van der Waals surface area (Å²) in [6, 6.07) is 9.92. The number of unbranched alkanes of at least 4 members (excludes halogenated alkanes) is 2. The minimum atomic E-state index is -3.65. The molecule has 124 valence electrons. The molecule has 0 saturated heterocycles. The molecular formula is C17H22N2O3S. The fourth-order valence-electron chi connectivity index (χ4n) is 2.10. The van der Waals surface area contributed by atoms with Crippen LogP contribution in [0.3, 0.4) is 0 Å². The van der Waals surface area contributed by atoms with Crippen LogP contribution in [0.4, 0.5) is 5.82 Å². The van der Waals surface area contributed by atoms with Crippen molar-refractivity contribution in [3.63, 3.8) is 0 Å². The summed E-state index contributed by atoms with van der Waals surface area (Å²) in [7, 11) is -3.65. The summed E-state index contributed by atoms with van der Waals surface area (Å²) >= 11 is 0. The number of nitrogens with one attached hydrogen (secondary N) is 1. The second-order valence-corrected chi connectivity index (χ2v) is 6.99. The Morgan fingerprint density at radius 2 is 2.00 bits per heavy atom. The fraction of sp³-hybridized carbons (Fsp3) is 0.353. The number of nitrogens with zero attached hydrogens (tertiary/aromatic N) is 1. The summed E-state index contributed by atoms with van der Waals surface area (Å²) in [5.41, 5.74) is 0.797. The van der Waals surface area contributed by atoms with Crippen LogP contribution in [-0.4, -0.2) is 20.0 Å². The van der Waals surface area contributed by atoms with Crippen molar-refractivity contribution in [1.29, 1.82) is 0 Å². The normalized spacial score (nSPS) is 11.2.